The van der Waals surface area contributed by atoms with E-state index in [9.17, 15) is 10.1 Å². The number of unbranched alkanes of at least 4 members (excludes halogenated alkanes) is 3. The zero-order valence-electron chi connectivity index (χ0n) is 11.5. The summed E-state index contributed by atoms with van der Waals surface area (Å²) in [5, 5.41) is 11.9. The zero-order valence-corrected chi connectivity index (χ0v) is 11.5. The maximum Gasteiger partial charge on any atom is 0.270 e. The van der Waals surface area contributed by atoms with Gasteiger partial charge < -0.3 is 4.98 Å². The lowest BCUT2D eigenvalue weighted by molar-refractivity contribution is -0.384. The summed E-state index contributed by atoms with van der Waals surface area (Å²) in [4.78, 5) is 13.8. The van der Waals surface area contributed by atoms with Gasteiger partial charge in [-0.25, -0.2) is 0 Å². The van der Waals surface area contributed by atoms with E-state index in [4.69, 9.17) is 0 Å². The van der Waals surface area contributed by atoms with E-state index in [2.05, 4.69) is 11.9 Å². The molecule has 0 saturated heterocycles. The predicted molar refractivity (Wildman–Crippen MR) is 77.5 cm³/mol. The van der Waals surface area contributed by atoms with Crippen LogP contribution in [0.4, 0.5) is 5.69 Å². The Balaban J connectivity index is 2.28. The van der Waals surface area contributed by atoms with E-state index in [1.165, 1.54) is 24.8 Å². The standard InChI is InChI=1S/C15H20N2O2/c1-3-4-5-6-7-13-11(2)16-15-9-8-12(17(18)19)10-14(13)15/h8-10,16H,3-7H2,1-2H3. The summed E-state index contributed by atoms with van der Waals surface area (Å²) in [7, 11) is 0. The van der Waals surface area contributed by atoms with E-state index in [0.717, 1.165) is 29.4 Å². The second-order valence-corrected chi connectivity index (χ2v) is 5.03. The van der Waals surface area contributed by atoms with Crippen LogP contribution in [0.1, 0.15) is 43.9 Å². The third-order valence-electron chi connectivity index (χ3n) is 3.59. The molecule has 1 aromatic heterocycles. The smallest absolute Gasteiger partial charge is 0.270 e. The van der Waals surface area contributed by atoms with Gasteiger partial charge in [-0.2, -0.15) is 0 Å². The van der Waals surface area contributed by atoms with Crippen LogP contribution in [-0.2, 0) is 6.42 Å². The van der Waals surface area contributed by atoms with Crippen LogP contribution in [0, 0.1) is 17.0 Å². The van der Waals surface area contributed by atoms with Crippen LogP contribution in [0.2, 0.25) is 0 Å². The molecule has 0 atom stereocenters. The topological polar surface area (TPSA) is 58.9 Å². The first kappa shape index (κ1) is 13.6. The fourth-order valence-electron chi connectivity index (χ4n) is 2.53. The molecular weight excluding hydrogens is 240 g/mol. The van der Waals surface area contributed by atoms with Gasteiger partial charge in [0.15, 0.2) is 0 Å². The number of H-pyrrole nitrogens is 1. The quantitative estimate of drug-likeness (QED) is 0.472. The highest BCUT2D eigenvalue weighted by Crippen LogP contribution is 2.27. The molecule has 4 nitrogen and oxygen atoms in total. The van der Waals surface area contributed by atoms with Crippen LogP contribution in [0.3, 0.4) is 0 Å². The van der Waals surface area contributed by atoms with Gasteiger partial charge in [0.1, 0.15) is 0 Å². The third-order valence-corrected chi connectivity index (χ3v) is 3.59. The van der Waals surface area contributed by atoms with E-state index in [-0.39, 0.29) is 10.6 Å². The van der Waals surface area contributed by atoms with Crippen LogP contribution >= 0.6 is 0 Å². The number of hydrogen-bond acceptors (Lipinski definition) is 2. The van der Waals surface area contributed by atoms with Crippen molar-refractivity contribution in [2.45, 2.75) is 46.0 Å². The van der Waals surface area contributed by atoms with Crippen LogP contribution < -0.4 is 0 Å². The molecule has 0 spiro atoms. The highest BCUT2D eigenvalue weighted by atomic mass is 16.6. The van der Waals surface area contributed by atoms with Crippen molar-refractivity contribution in [2.75, 3.05) is 0 Å². The van der Waals surface area contributed by atoms with Crippen molar-refractivity contribution in [3.8, 4) is 0 Å². The molecule has 0 aliphatic rings. The van der Waals surface area contributed by atoms with Crippen molar-refractivity contribution >= 4 is 16.6 Å². The van der Waals surface area contributed by atoms with Crippen LogP contribution in [0.5, 0.6) is 0 Å². The number of nitro benzene ring substituents is 1. The van der Waals surface area contributed by atoms with Crippen LogP contribution in [0.15, 0.2) is 18.2 Å². The Morgan fingerprint density at radius 2 is 2.05 bits per heavy atom. The Morgan fingerprint density at radius 1 is 1.26 bits per heavy atom. The number of non-ortho nitro benzene ring substituents is 1. The summed E-state index contributed by atoms with van der Waals surface area (Å²) in [6.45, 7) is 4.24. The van der Waals surface area contributed by atoms with Gasteiger partial charge in [-0.05, 0) is 31.4 Å². The monoisotopic (exact) mass is 260 g/mol. The SMILES string of the molecule is CCCCCCc1c(C)[nH]c2ccc([N+](=O)[O-])cc12. The van der Waals surface area contributed by atoms with Crippen molar-refractivity contribution < 1.29 is 4.92 Å². The summed E-state index contributed by atoms with van der Waals surface area (Å²) < 4.78 is 0. The summed E-state index contributed by atoms with van der Waals surface area (Å²) in [5.74, 6) is 0. The number of aryl methyl sites for hydroxylation is 2. The maximum atomic E-state index is 10.9. The van der Waals surface area contributed by atoms with E-state index >= 15 is 0 Å². The average Bonchev–Trinajstić information content (AvgIpc) is 2.70. The molecule has 0 saturated carbocycles. The van der Waals surface area contributed by atoms with Crippen LogP contribution in [-0.4, -0.2) is 9.91 Å². The molecule has 0 bridgehead atoms. The minimum atomic E-state index is -0.331. The molecule has 0 aliphatic heterocycles. The van der Waals surface area contributed by atoms with Crippen molar-refractivity contribution in [1.29, 1.82) is 0 Å². The fourth-order valence-corrected chi connectivity index (χ4v) is 2.53. The summed E-state index contributed by atoms with van der Waals surface area (Å²) >= 11 is 0. The largest absolute Gasteiger partial charge is 0.358 e. The fraction of sp³-hybridized carbons (Fsp3) is 0.467. The van der Waals surface area contributed by atoms with Crippen molar-refractivity contribution in [3.63, 3.8) is 0 Å². The number of aromatic nitrogens is 1. The first-order valence-corrected chi connectivity index (χ1v) is 6.89. The molecule has 1 aromatic carbocycles. The number of hydrogen-bond donors (Lipinski definition) is 1. The zero-order chi connectivity index (χ0) is 13.8. The maximum absolute atomic E-state index is 10.9. The third kappa shape index (κ3) is 2.95. The number of nitro groups is 1. The minimum Gasteiger partial charge on any atom is -0.358 e. The molecule has 19 heavy (non-hydrogen) atoms. The Kier molecular flexibility index (Phi) is 4.20. The number of nitrogens with zero attached hydrogens (tertiary/aromatic N) is 1. The highest BCUT2D eigenvalue weighted by Gasteiger charge is 2.12. The van der Waals surface area contributed by atoms with Gasteiger partial charge in [-0.15, -0.1) is 0 Å². The van der Waals surface area contributed by atoms with Crippen molar-refractivity contribution in [3.05, 3.63) is 39.6 Å². The Morgan fingerprint density at radius 3 is 2.74 bits per heavy atom. The number of nitrogens with one attached hydrogen (secondary N) is 1. The van der Waals surface area contributed by atoms with Gasteiger partial charge in [-0.3, -0.25) is 10.1 Å². The molecule has 0 unspecified atom stereocenters. The molecule has 0 amide bonds. The predicted octanol–water partition coefficient (Wildman–Crippen LogP) is 4.51. The molecule has 2 rings (SSSR count). The van der Waals surface area contributed by atoms with Gasteiger partial charge >= 0.3 is 0 Å². The molecule has 0 aliphatic carbocycles. The molecule has 0 fully saturated rings. The van der Waals surface area contributed by atoms with Gasteiger partial charge in [0, 0.05) is 28.7 Å². The minimum absolute atomic E-state index is 0.168. The summed E-state index contributed by atoms with van der Waals surface area (Å²) in [5.41, 5.74) is 3.52. The molecular formula is C15H20N2O2. The van der Waals surface area contributed by atoms with E-state index in [1.807, 2.05) is 6.92 Å². The molecule has 0 radical (unpaired) electrons. The van der Waals surface area contributed by atoms with Gasteiger partial charge in [0.05, 0.1) is 4.92 Å². The van der Waals surface area contributed by atoms with E-state index in [1.54, 1.807) is 18.2 Å². The lowest BCUT2D eigenvalue weighted by Gasteiger charge is -2.01. The second kappa shape index (κ2) is 5.87. The van der Waals surface area contributed by atoms with E-state index in [0.29, 0.717) is 0 Å². The lowest BCUT2D eigenvalue weighted by atomic mass is 10.0. The Labute approximate surface area is 113 Å². The van der Waals surface area contributed by atoms with Gasteiger partial charge in [0.25, 0.3) is 5.69 Å². The number of fused-ring (bicyclic) bond motifs is 1. The van der Waals surface area contributed by atoms with Crippen LogP contribution in [0.25, 0.3) is 10.9 Å². The van der Waals surface area contributed by atoms with E-state index < -0.39 is 0 Å². The van der Waals surface area contributed by atoms with Crippen molar-refractivity contribution in [2.24, 2.45) is 0 Å². The number of benzene rings is 1. The molecule has 1 N–H and O–H groups in total. The summed E-state index contributed by atoms with van der Waals surface area (Å²) in [6.07, 6.45) is 5.83. The highest BCUT2D eigenvalue weighted by molar-refractivity contribution is 5.86. The molecule has 4 heteroatoms. The second-order valence-electron chi connectivity index (χ2n) is 5.03. The summed E-state index contributed by atoms with van der Waals surface area (Å²) in [6, 6.07) is 5.04. The van der Waals surface area contributed by atoms with Crippen molar-refractivity contribution in [1.82, 2.24) is 4.98 Å². The number of rotatable bonds is 6. The number of aromatic amines is 1. The first-order chi connectivity index (χ1) is 9.13. The molecule has 1 heterocycles. The molecule has 102 valence electrons. The average molecular weight is 260 g/mol. The normalized spacial score (nSPS) is 11.1. The molecule has 2 aromatic rings. The Hall–Kier alpha value is -1.84. The lowest BCUT2D eigenvalue weighted by Crippen LogP contribution is -1.89. The Bertz CT molecular complexity index is 587. The van der Waals surface area contributed by atoms with Gasteiger partial charge in [0.2, 0.25) is 0 Å². The van der Waals surface area contributed by atoms with Gasteiger partial charge in [-0.1, -0.05) is 26.2 Å². The first-order valence-electron chi connectivity index (χ1n) is 6.89.